The molecule has 3 aromatic rings. The molecule has 0 saturated carbocycles. The molecular weight excluding hydrogens is 354 g/mol. The van der Waals surface area contributed by atoms with Crippen LogP contribution in [0.15, 0.2) is 30.9 Å². The lowest BCUT2D eigenvalue weighted by Gasteiger charge is -2.24. The molecular formula is C16H17N7O2S. The van der Waals surface area contributed by atoms with Gasteiger partial charge >= 0.3 is 0 Å². The monoisotopic (exact) mass is 371 g/mol. The molecule has 0 fully saturated rings. The van der Waals surface area contributed by atoms with Crippen molar-refractivity contribution >= 4 is 23.2 Å². The van der Waals surface area contributed by atoms with E-state index in [1.165, 1.54) is 17.5 Å². The van der Waals surface area contributed by atoms with Crippen molar-refractivity contribution in [1.82, 2.24) is 24.9 Å². The molecule has 0 aromatic carbocycles. The summed E-state index contributed by atoms with van der Waals surface area (Å²) >= 11 is 1.19. The van der Waals surface area contributed by atoms with E-state index in [4.69, 9.17) is 10.5 Å². The molecule has 3 heterocycles. The molecule has 0 atom stereocenters. The van der Waals surface area contributed by atoms with Crippen molar-refractivity contribution in [2.24, 2.45) is 5.73 Å². The Kier molecular flexibility index (Phi) is 4.76. The molecule has 3 aromatic heterocycles. The van der Waals surface area contributed by atoms with Gasteiger partial charge in [-0.05, 0) is 13.8 Å². The van der Waals surface area contributed by atoms with Gasteiger partial charge in [0.25, 0.3) is 5.91 Å². The summed E-state index contributed by atoms with van der Waals surface area (Å²) in [5.74, 6) is 0.940. The largest absolute Gasteiger partial charge is 0.481 e. The molecule has 9 nitrogen and oxygen atoms in total. The molecule has 0 bridgehead atoms. The lowest BCUT2D eigenvalue weighted by Crippen LogP contribution is -2.31. The van der Waals surface area contributed by atoms with E-state index in [2.05, 4.69) is 30.2 Å². The minimum absolute atomic E-state index is 0.388. The number of nitrogens with zero attached hydrogens (tertiary/aromatic N) is 5. The van der Waals surface area contributed by atoms with Crippen LogP contribution in [-0.4, -0.2) is 37.9 Å². The molecule has 26 heavy (non-hydrogen) atoms. The quantitative estimate of drug-likeness (QED) is 0.671. The average Bonchev–Trinajstić information content (AvgIpc) is 3.12. The summed E-state index contributed by atoms with van der Waals surface area (Å²) in [6, 6.07) is 1.68. The number of carbonyl (C=O) groups excluding carboxylic acids is 1. The van der Waals surface area contributed by atoms with Gasteiger partial charge in [-0.25, -0.2) is 19.9 Å². The zero-order valence-corrected chi connectivity index (χ0v) is 15.2. The maximum Gasteiger partial charge on any atom is 0.260 e. The van der Waals surface area contributed by atoms with Crippen molar-refractivity contribution in [3.05, 3.63) is 41.6 Å². The summed E-state index contributed by atoms with van der Waals surface area (Å²) in [5, 5.41) is 3.82. The average molecular weight is 371 g/mol. The number of anilines is 1. The van der Waals surface area contributed by atoms with Gasteiger partial charge in [-0.15, -0.1) is 11.3 Å². The van der Waals surface area contributed by atoms with Crippen LogP contribution in [0.3, 0.4) is 0 Å². The van der Waals surface area contributed by atoms with Gasteiger partial charge in [0.15, 0.2) is 5.82 Å². The molecule has 0 aliphatic rings. The molecule has 0 spiro atoms. The third-order valence-corrected chi connectivity index (χ3v) is 4.53. The van der Waals surface area contributed by atoms with Crippen molar-refractivity contribution in [2.45, 2.75) is 19.4 Å². The van der Waals surface area contributed by atoms with Crippen LogP contribution in [0.25, 0.3) is 10.6 Å². The Balaban J connectivity index is 1.78. The number of nitrogens with one attached hydrogen (secondary N) is 1. The molecule has 0 aliphatic carbocycles. The third kappa shape index (κ3) is 3.75. The lowest BCUT2D eigenvalue weighted by molar-refractivity contribution is 0.100. The van der Waals surface area contributed by atoms with Gasteiger partial charge in [0.2, 0.25) is 11.8 Å². The highest BCUT2D eigenvalue weighted by Crippen LogP contribution is 2.26. The van der Waals surface area contributed by atoms with Crippen LogP contribution < -0.4 is 15.8 Å². The van der Waals surface area contributed by atoms with Crippen molar-refractivity contribution < 1.29 is 9.53 Å². The van der Waals surface area contributed by atoms with E-state index in [-0.39, 0.29) is 0 Å². The fourth-order valence-electron chi connectivity index (χ4n) is 2.12. The Morgan fingerprint density at radius 2 is 1.92 bits per heavy atom. The molecule has 10 heteroatoms. The van der Waals surface area contributed by atoms with E-state index in [1.54, 1.807) is 31.8 Å². The highest BCUT2D eigenvalue weighted by atomic mass is 32.1. The summed E-state index contributed by atoms with van der Waals surface area (Å²) in [4.78, 5) is 32.9. The topological polar surface area (TPSA) is 129 Å². The SMILES string of the molecule is COc1ccnc(C(C)(C)Nc2ncc(-c3ncc(C(N)=O)s3)cn2)n1. The van der Waals surface area contributed by atoms with Crippen molar-refractivity contribution in [3.63, 3.8) is 0 Å². The first-order chi connectivity index (χ1) is 12.4. The Morgan fingerprint density at radius 3 is 2.54 bits per heavy atom. The van der Waals surface area contributed by atoms with Crippen LogP contribution in [0.1, 0.15) is 29.3 Å². The van der Waals surface area contributed by atoms with Crippen molar-refractivity contribution in [1.29, 1.82) is 0 Å². The van der Waals surface area contributed by atoms with Crippen LogP contribution in [0.4, 0.5) is 5.95 Å². The minimum Gasteiger partial charge on any atom is -0.481 e. The van der Waals surface area contributed by atoms with Crippen LogP contribution in [0, 0.1) is 0 Å². The van der Waals surface area contributed by atoms with Gasteiger partial charge < -0.3 is 15.8 Å². The number of primary amides is 1. The third-order valence-electron chi connectivity index (χ3n) is 3.47. The van der Waals surface area contributed by atoms with E-state index in [0.29, 0.717) is 33.1 Å². The van der Waals surface area contributed by atoms with Crippen LogP contribution in [0.2, 0.25) is 0 Å². The molecule has 3 N–H and O–H groups in total. The molecule has 134 valence electrons. The standard InChI is InChI=1S/C16H17N7O2S/c1-16(2,14-18-5-4-11(22-14)25-3)23-15-20-6-9(7-21-15)13-19-8-10(26-13)12(17)24/h4-8H,1-3H3,(H2,17,24)(H,20,21,23). The Hall–Kier alpha value is -3.14. The number of nitrogens with two attached hydrogens (primary N) is 1. The lowest BCUT2D eigenvalue weighted by atomic mass is 10.1. The molecule has 0 saturated heterocycles. The maximum atomic E-state index is 11.2. The van der Waals surface area contributed by atoms with Crippen molar-refractivity contribution in [2.75, 3.05) is 12.4 Å². The second kappa shape index (κ2) is 7.00. The smallest absolute Gasteiger partial charge is 0.260 e. The first-order valence-electron chi connectivity index (χ1n) is 7.63. The van der Waals surface area contributed by atoms with Gasteiger partial charge in [0.1, 0.15) is 9.88 Å². The molecule has 0 unspecified atom stereocenters. The van der Waals surface area contributed by atoms with E-state index >= 15 is 0 Å². The van der Waals surface area contributed by atoms with E-state index in [0.717, 1.165) is 0 Å². The maximum absolute atomic E-state index is 11.2. The molecule has 1 amide bonds. The molecule has 3 rings (SSSR count). The second-order valence-corrected chi connectivity index (χ2v) is 6.89. The van der Waals surface area contributed by atoms with Gasteiger partial charge in [0.05, 0.1) is 18.8 Å². The van der Waals surface area contributed by atoms with Crippen LogP contribution in [0.5, 0.6) is 5.88 Å². The summed E-state index contributed by atoms with van der Waals surface area (Å²) in [6.07, 6.45) is 6.33. The number of hydrogen-bond acceptors (Lipinski definition) is 9. The number of hydrogen-bond donors (Lipinski definition) is 2. The normalized spacial score (nSPS) is 11.2. The fraction of sp³-hybridized carbons (Fsp3) is 0.250. The van der Waals surface area contributed by atoms with E-state index < -0.39 is 11.4 Å². The van der Waals surface area contributed by atoms with Gasteiger partial charge in [-0.1, -0.05) is 0 Å². The molecule has 0 radical (unpaired) electrons. The Bertz CT molecular complexity index is 924. The minimum atomic E-state index is -0.615. The predicted octanol–water partition coefficient (Wildman–Crippen LogP) is 1.84. The number of rotatable bonds is 6. The first kappa shape index (κ1) is 17.7. The number of methoxy groups -OCH3 is 1. The molecule has 0 aliphatic heterocycles. The number of aromatic nitrogens is 5. The van der Waals surface area contributed by atoms with E-state index in [9.17, 15) is 4.79 Å². The first-order valence-corrected chi connectivity index (χ1v) is 8.44. The fourth-order valence-corrected chi connectivity index (χ4v) is 2.86. The van der Waals surface area contributed by atoms with Crippen LogP contribution >= 0.6 is 11.3 Å². The Morgan fingerprint density at radius 1 is 1.19 bits per heavy atom. The van der Waals surface area contributed by atoms with Crippen molar-refractivity contribution in [3.8, 4) is 16.5 Å². The zero-order chi connectivity index (χ0) is 18.7. The highest BCUT2D eigenvalue weighted by Gasteiger charge is 2.25. The predicted molar refractivity (Wildman–Crippen MR) is 96.9 cm³/mol. The zero-order valence-electron chi connectivity index (χ0n) is 14.4. The van der Waals surface area contributed by atoms with Crippen LogP contribution in [-0.2, 0) is 5.54 Å². The summed E-state index contributed by atoms with van der Waals surface area (Å²) in [6.45, 7) is 3.83. The number of thiazole rings is 1. The van der Waals surface area contributed by atoms with Gasteiger partial charge in [0, 0.05) is 30.2 Å². The number of carbonyl (C=O) groups is 1. The second-order valence-electron chi connectivity index (χ2n) is 5.86. The number of amides is 1. The Labute approximate surface area is 153 Å². The van der Waals surface area contributed by atoms with E-state index in [1.807, 2.05) is 13.8 Å². The highest BCUT2D eigenvalue weighted by molar-refractivity contribution is 7.16. The van der Waals surface area contributed by atoms with Gasteiger partial charge in [-0.3, -0.25) is 4.79 Å². The summed E-state index contributed by atoms with van der Waals surface area (Å²) < 4.78 is 5.13. The number of ether oxygens (including phenoxy) is 1. The summed E-state index contributed by atoms with van der Waals surface area (Å²) in [7, 11) is 1.55. The van der Waals surface area contributed by atoms with Gasteiger partial charge in [-0.2, -0.15) is 4.98 Å². The summed E-state index contributed by atoms with van der Waals surface area (Å²) in [5.41, 5.74) is 5.33.